The number of carbonyl (C=O) groups is 1. The molecule has 128 valence electrons. The Bertz CT molecular complexity index is 629. The molecule has 1 N–H and O–H groups in total. The van der Waals surface area contributed by atoms with Gasteiger partial charge in [-0.1, -0.05) is 17.9 Å². The van der Waals surface area contributed by atoms with Crippen molar-refractivity contribution in [3.8, 4) is 11.8 Å². The van der Waals surface area contributed by atoms with E-state index in [-0.39, 0.29) is 0 Å². The van der Waals surface area contributed by atoms with Crippen LogP contribution in [0.15, 0.2) is 23.3 Å². The number of hydrogen-bond donors (Lipinski definition) is 1. The predicted molar refractivity (Wildman–Crippen MR) is 70.1 cm³/mol. The molecule has 2 unspecified atom stereocenters. The molecule has 8 heteroatoms. The zero-order valence-corrected chi connectivity index (χ0v) is 12.5. The van der Waals surface area contributed by atoms with E-state index in [4.69, 9.17) is 0 Å². The molecule has 0 aliphatic heterocycles. The van der Waals surface area contributed by atoms with Crippen LogP contribution in [0.1, 0.15) is 27.2 Å². The Balaban J connectivity index is 3.56. The fourth-order valence-electron chi connectivity index (χ4n) is 2.31. The van der Waals surface area contributed by atoms with Crippen molar-refractivity contribution in [2.24, 2.45) is 5.41 Å². The summed E-state index contributed by atoms with van der Waals surface area (Å²) in [5.74, 6) is 2.40. The topological polar surface area (TPSA) is 37.3 Å². The lowest BCUT2D eigenvalue weighted by molar-refractivity contribution is -0.259. The molecule has 0 radical (unpaired) electrons. The second-order valence-electron chi connectivity index (χ2n) is 5.46. The summed E-state index contributed by atoms with van der Waals surface area (Å²) in [6, 6.07) is 0. The van der Waals surface area contributed by atoms with Crippen LogP contribution in [0.5, 0.6) is 0 Å². The normalized spacial score (nSPS) is 29.7. The minimum Gasteiger partial charge on any atom is -0.373 e. The van der Waals surface area contributed by atoms with Crippen LogP contribution in [0.4, 0.5) is 26.3 Å². The van der Waals surface area contributed by atoms with E-state index in [9.17, 15) is 36.2 Å². The smallest absolute Gasteiger partial charge is 0.373 e. The Labute approximate surface area is 128 Å². The molecule has 1 aliphatic rings. The largest absolute Gasteiger partial charge is 0.423 e. The average molecular weight is 340 g/mol. The van der Waals surface area contributed by atoms with Gasteiger partial charge in [0, 0.05) is 6.42 Å². The first-order valence-corrected chi connectivity index (χ1v) is 6.46. The summed E-state index contributed by atoms with van der Waals surface area (Å²) < 4.78 is 78.0. The average Bonchev–Trinajstić information content (AvgIpc) is 2.33. The third-order valence-electron chi connectivity index (χ3n) is 3.87. The van der Waals surface area contributed by atoms with Crippen molar-refractivity contribution in [3.63, 3.8) is 0 Å². The molecule has 2 nitrogen and oxygen atoms in total. The van der Waals surface area contributed by atoms with Gasteiger partial charge in [-0.3, -0.25) is 4.79 Å². The molecule has 0 aromatic heterocycles. The predicted octanol–water partition coefficient (Wildman–Crippen LogP) is 3.72. The maximum Gasteiger partial charge on any atom is 0.423 e. The minimum atomic E-state index is -5.05. The number of hydrogen-bond acceptors (Lipinski definition) is 2. The summed E-state index contributed by atoms with van der Waals surface area (Å²) in [5, 5.41) is 10.4. The van der Waals surface area contributed by atoms with Crippen molar-refractivity contribution in [1.29, 1.82) is 0 Å². The van der Waals surface area contributed by atoms with Crippen LogP contribution in [0.2, 0.25) is 0 Å². The maximum absolute atomic E-state index is 13.4. The quantitative estimate of drug-likeness (QED) is 0.539. The number of carbonyl (C=O) groups excluding carboxylic acids is 1. The molecule has 2 atom stereocenters. The summed E-state index contributed by atoms with van der Waals surface area (Å²) in [5.41, 5.74) is -7.76. The lowest BCUT2D eigenvalue weighted by Crippen LogP contribution is -2.58. The maximum atomic E-state index is 13.4. The molecule has 0 spiro atoms. The highest BCUT2D eigenvalue weighted by Gasteiger charge is 2.65. The van der Waals surface area contributed by atoms with E-state index in [0.29, 0.717) is 13.0 Å². The minimum absolute atomic E-state index is 0.446. The first-order chi connectivity index (χ1) is 10.2. The molecule has 0 aromatic carbocycles. The third-order valence-corrected chi connectivity index (χ3v) is 3.87. The second-order valence-corrected chi connectivity index (χ2v) is 5.46. The molecular weight excluding hydrogens is 326 g/mol. The van der Waals surface area contributed by atoms with Crippen LogP contribution in [-0.2, 0) is 4.79 Å². The molecule has 23 heavy (non-hydrogen) atoms. The Hall–Kier alpha value is -1.75. The standard InChI is InChI=1S/C15H14F6O2/c1-4-10(14(16,17)18)5-6-13(23)9(2)7-11(22)8-12(13,3)15(19,20)21/h4,7,23H,8H2,1-3H3/b10-4+. The van der Waals surface area contributed by atoms with Crippen molar-refractivity contribution < 1.29 is 36.2 Å². The summed E-state index contributed by atoms with van der Waals surface area (Å²) in [4.78, 5) is 11.5. The number of rotatable bonds is 0. The highest BCUT2D eigenvalue weighted by Crippen LogP contribution is 2.53. The Morgan fingerprint density at radius 1 is 1.30 bits per heavy atom. The van der Waals surface area contributed by atoms with Crippen molar-refractivity contribution in [2.75, 3.05) is 0 Å². The van der Waals surface area contributed by atoms with Crippen LogP contribution in [0.25, 0.3) is 0 Å². The van der Waals surface area contributed by atoms with Crippen LogP contribution in [0.3, 0.4) is 0 Å². The Kier molecular flexibility index (Phi) is 4.79. The fraction of sp³-hybridized carbons (Fsp3) is 0.533. The van der Waals surface area contributed by atoms with E-state index in [1.807, 2.05) is 0 Å². The van der Waals surface area contributed by atoms with E-state index in [0.717, 1.165) is 19.9 Å². The molecule has 0 bridgehead atoms. The Morgan fingerprint density at radius 2 is 1.83 bits per heavy atom. The van der Waals surface area contributed by atoms with Crippen molar-refractivity contribution >= 4 is 5.78 Å². The zero-order chi connectivity index (χ0) is 18.3. The molecule has 0 saturated carbocycles. The van der Waals surface area contributed by atoms with E-state index in [1.165, 1.54) is 0 Å². The highest BCUT2D eigenvalue weighted by molar-refractivity contribution is 5.93. The van der Waals surface area contributed by atoms with Crippen molar-refractivity contribution in [1.82, 2.24) is 0 Å². The molecule has 0 amide bonds. The van der Waals surface area contributed by atoms with Crippen LogP contribution in [-0.4, -0.2) is 28.8 Å². The van der Waals surface area contributed by atoms with E-state index < -0.39 is 46.7 Å². The summed E-state index contributed by atoms with van der Waals surface area (Å²) >= 11 is 0. The van der Waals surface area contributed by atoms with Gasteiger partial charge in [-0.2, -0.15) is 26.3 Å². The highest BCUT2D eigenvalue weighted by atomic mass is 19.4. The van der Waals surface area contributed by atoms with Gasteiger partial charge in [0.2, 0.25) is 0 Å². The fourth-order valence-corrected chi connectivity index (χ4v) is 2.31. The summed E-state index contributed by atoms with van der Waals surface area (Å²) in [7, 11) is 0. The van der Waals surface area contributed by atoms with Gasteiger partial charge in [0.25, 0.3) is 0 Å². The van der Waals surface area contributed by atoms with Crippen molar-refractivity contribution in [3.05, 3.63) is 23.3 Å². The summed E-state index contributed by atoms with van der Waals surface area (Å²) in [6.07, 6.45) is -9.64. The van der Waals surface area contributed by atoms with E-state index in [1.54, 1.807) is 11.8 Å². The SMILES string of the molecule is C/C=C(\C#CC1(O)C(C)=CC(=O)CC1(C)C(F)(F)F)C(F)(F)F. The lowest BCUT2D eigenvalue weighted by Gasteiger charge is -2.45. The summed E-state index contributed by atoms with van der Waals surface area (Å²) in [6.45, 7) is 2.62. The number of ketones is 1. The first kappa shape index (κ1) is 19.3. The number of aliphatic hydroxyl groups is 1. The van der Waals surface area contributed by atoms with E-state index >= 15 is 0 Å². The molecule has 0 saturated heterocycles. The lowest BCUT2D eigenvalue weighted by atomic mass is 9.63. The van der Waals surface area contributed by atoms with Gasteiger partial charge >= 0.3 is 12.4 Å². The number of alkyl halides is 6. The molecule has 0 aromatic rings. The Morgan fingerprint density at radius 3 is 2.22 bits per heavy atom. The van der Waals surface area contributed by atoms with Crippen LogP contribution >= 0.6 is 0 Å². The van der Waals surface area contributed by atoms with Gasteiger partial charge < -0.3 is 5.11 Å². The van der Waals surface area contributed by atoms with Gasteiger partial charge in [0.1, 0.15) is 11.0 Å². The molecular formula is C15H14F6O2. The van der Waals surface area contributed by atoms with Crippen LogP contribution in [0, 0.1) is 17.3 Å². The second kappa shape index (κ2) is 5.71. The van der Waals surface area contributed by atoms with Gasteiger partial charge in [0.05, 0.1) is 0 Å². The van der Waals surface area contributed by atoms with Gasteiger partial charge in [0.15, 0.2) is 11.4 Å². The van der Waals surface area contributed by atoms with Gasteiger partial charge in [-0.25, -0.2) is 0 Å². The van der Waals surface area contributed by atoms with Crippen LogP contribution < -0.4 is 0 Å². The number of halogens is 6. The number of allylic oxidation sites excluding steroid dienone is 3. The molecule has 1 aliphatic carbocycles. The zero-order valence-electron chi connectivity index (χ0n) is 12.5. The molecule has 0 heterocycles. The van der Waals surface area contributed by atoms with E-state index in [2.05, 4.69) is 0 Å². The first-order valence-electron chi connectivity index (χ1n) is 6.46. The third kappa shape index (κ3) is 3.29. The monoisotopic (exact) mass is 340 g/mol. The molecule has 0 fully saturated rings. The van der Waals surface area contributed by atoms with Gasteiger partial charge in [-0.05, 0) is 32.4 Å². The van der Waals surface area contributed by atoms with Gasteiger partial charge in [-0.15, -0.1) is 0 Å². The molecule has 1 rings (SSSR count). The van der Waals surface area contributed by atoms with Crippen molar-refractivity contribution in [2.45, 2.75) is 45.1 Å².